The highest BCUT2D eigenvalue weighted by Gasteiger charge is 2.19. The van der Waals surface area contributed by atoms with Gasteiger partial charge in [0.05, 0.1) is 17.9 Å². The van der Waals surface area contributed by atoms with E-state index in [0.717, 1.165) is 5.56 Å². The zero-order valence-electron chi connectivity index (χ0n) is 15.9. The third-order valence-corrected chi connectivity index (χ3v) is 5.02. The summed E-state index contributed by atoms with van der Waals surface area (Å²) in [4.78, 5) is 20.1. The van der Waals surface area contributed by atoms with Gasteiger partial charge in [-0.3, -0.25) is 4.98 Å². The van der Waals surface area contributed by atoms with E-state index >= 15 is 0 Å². The molecule has 30 heavy (non-hydrogen) atoms. The average Bonchev–Trinajstić information content (AvgIpc) is 3.22. The van der Waals surface area contributed by atoms with Crippen LogP contribution in [0.3, 0.4) is 0 Å². The molecule has 0 fully saturated rings. The number of H-pyrrole nitrogens is 1. The van der Waals surface area contributed by atoms with Gasteiger partial charge in [0, 0.05) is 17.1 Å². The van der Waals surface area contributed by atoms with Crippen LogP contribution in [0.15, 0.2) is 61.3 Å². The van der Waals surface area contributed by atoms with Crippen LogP contribution >= 0.6 is 0 Å². The molecular formula is C22H16F2N6. The van der Waals surface area contributed by atoms with Crippen molar-refractivity contribution in [1.29, 1.82) is 0 Å². The molecule has 0 amide bonds. The normalized spacial score (nSPS) is 12.4. The van der Waals surface area contributed by atoms with Crippen LogP contribution in [-0.4, -0.2) is 24.9 Å². The number of aromatic nitrogens is 5. The van der Waals surface area contributed by atoms with Gasteiger partial charge in [-0.1, -0.05) is 12.1 Å². The number of imidazole rings is 1. The van der Waals surface area contributed by atoms with Crippen LogP contribution in [0, 0.1) is 11.6 Å². The quantitative estimate of drug-likeness (QED) is 0.441. The number of fused-ring (bicyclic) bond motifs is 2. The van der Waals surface area contributed by atoms with E-state index in [1.807, 2.05) is 6.92 Å². The number of aromatic amines is 1. The number of benzene rings is 2. The number of nitrogens with one attached hydrogen (secondary N) is 2. The third-order valence-electron chi connectivity index (χ3n) is 5.02. The zero-order valence-corrected chi connectivity index (χ0v) is 15.9. The SMILES string of the molecule is C[C@@H](Nc1ncnc2nc[nH]c12)c1cnc2ccc(F)cc2c1-c1cccc(F)c1. The monoisotopic (exact) mass is 402 g/mol. The molecule has 3 heterocycles. The Morgan fingerprint density at radius 1 is 0.967 bits per heavy atom. The fraction of sp³-hybridized carbons (Fsp3) is 0.0909. The minimum absolute atomic E-state index is 0.273. The van der Waals surface area contributed by atoms with Crippen molar-refractivity contribution in [3.05, 3.63) is 78.5 Å². The highest BCUT2D eigenvalue weighted by atomic mass is 19.1. The van der Waals surface area contributed by atoms with Crippen molar-refractivity contribution >= 4 is 27.9 Å². The van der Waals surface area contributed by atoms with Gasteiger partial charge in [0.1, 0.15) is 23.5 Å². The summed E-state index contributed by atoms with van der Waals surface area (Å²) in [5.41, 5.74) is 4.00. The van der Waals surface area contributed by atoms with E-state index in [4.69, 9.17) is 0 Å². The lowest BCUT2D eigenvalue weighted by atomic mass is 9.93. The van der Waals surface area contributed by atoms with Crippen LogP contribution in [0.1, 0.15) is 18.5 Å². The second-order valence-corrected chi connectivity index (χ2v) is 6.95. The minimum Gasteiger partial charge on any atom is -0.362 e. The van der Waals surface area contributed by atoms with Crippen molar-refractivity contribution in [2.45, 2.75) is 13.0 Å². The molecule has 8 heteroatoms. The summed E-state index contributed by atoms with van der Waals surface area (Å²) < 4.78 is 28.1. The predicted octanol–water partition coefficient (Wildman–Crippen LogP) is 5.02. The Morgan fingerprint density at radius 3 is 2.70 bits per heavy atom. The Bertz CT molecular complexity index is 1380. The molecule has 5 rings (SSSR count). The van der Waals surface area contributed by atoms with Crippen LogP contribution in [0.2, 0.25) is 0 Å². The molecular weight excluding hydrogens is 386 g/mol. The van der Waals surface area contributed by atoms with Gasteiger partial charge >= 0.3 is 0 Å². The highest BCUT2D eigenvalue weighted by molar-refractivity contribution is 5.96. The van der Waals surface area contributed by atoms with Gasteiger partial charge in [-0.05, 0) is 48.4 Å². The van der Waals surface area contributed by atoms with Crippen molar-refractivity contribution in [2.24, 2.45) is 0 Å². The number of pyridine rings is 1. The Balaban J connectivity index is 1.68. The summed E-state index contributed by atoms with van der Waals surface area (Å²) in [7, 11) is 0. The van der Waals surface area contributed by atoms with E-state index in [1.54, 1.807) is 30.7 Å². The Morgan fingerprint density at radius 2 is 1.83 bits per heavy atom. The lowest BCUT2D eigenvalue weighted by Crippen LogP contribution is -2.11. The maximum atomic E-state index is 14.1. The first-order valence-corrected chi connectivity index (χ1v) is 9.35. The maximum Gasteiger partial charge on any atom is 0.182 e. The Hall–Kier alpha value is -3.94. The average molecular weight is 402 g/mol. The summed E-state index contributed by atoms with van der Waals surface area (Å²) in [5.74, 6) is -0.167. The third kappa shape index (κ3) is 3.12. The smallest absolute Gasteiger partial charge is 0.182 e. The molecule has 0 aliphatic carbocycles. The molecule has 2 aromatic carbocycles. The van der Waals surface area contributed by atoms with Gasteiger partial charge in [-0.25, -0.2) is 23.7 Å². The van der Waals surface area contributed by atoms with Gasteiger partial charge in [0.15, 0.2) is 11.5 Å². The summed E-state index contributed by atoms with van der Waals surface area (Å²) in [6, 6.07) is 10.4. The molecule has 0 aliphatic heterocycles. The van der Waals surface area contributed by atoms with Gasteiger partial charge in [-0.2, -0.15) is 0 Å². The van der Waals surface area contributed by atoms with Crippen LogP contribution in [0.25, 0.3) is 33.2 Å². The van der Waals surface area contributed by atoms with Crippen LogP contribution in [0.4, 0.5) is 14.6 Å². The van der Waals surface area contributed by atoms with Crippen molar-refractivity contribution in [2.75, 3.05) is 5.32 Å². The van der Waals surface area contributed by atoms with E-state index in [9.17, 15) is 8.78 Å². The Labute approximate surface area is 170 Å². The first-order chi connectivity index (χ1) is 14.6. The molecule has 0 unspecified atom stereocenters. The summed E-state index contributed by atoms with van der Waals surface area (Å²) in [5, 5.41) is 3.95. The van der Waals surface area contributed by atoms with Crippen molar-refractivity contribution < 1.29 is 8.78 Å². The molecule has 148 valence electrons. The minimum atomic E-state index is -0.380. The molecule has 1 atom stereocenters. The highest BCUT2D eigenvalue weighted by Crippen LogP contribution is 2.36. The van der Waals surface area contributed by atoms with Crippen LogP contribution in [-0.2, 0) is 0 Å². The topological polar surface area (TPSA) is 79.4 Å². The Kier molecular flexibility index (Phi) is 4.31. The molecule has 0 radical (unpaired) electrons. The molecule has 3 aromatic heterocycles. The first kappa shape index (κ1) is 18.1. The molecule has 0 spiro atoms. The van der Waals surface area contributed by atoms with E-state index in [-0.39, 0.29) is 17.7 Å². The van der Waals surface area contributed by atoms with Crippen molar-refractivity contribution in [3.63, 3.8) is 0 Å². The predicted molar refractivity (Wildman–Crippen MR) is 111 cm³/mol. The first-order valence-electron chi connectivity index (χ1n) is 9.35. The molecule has 2 N–H and O–H groups in total. The van der Waals surface area contributed by atoms with Gasteiger partial charge in [-0.15, -0.1) is 0 Å². The summed E-state index contributed by atoms with van der Waals surface area (Å²) in [6.07, 6.45) is 4.71. The fourth-order valence-corrected chi connectivity index (χ4v) is 3.63. The molecule has 6 nitrogen and oxygen atoms in total. The number of halogens is 2. The number of hydrogen-bond donors (Lipinski definition) is 2. The summed E-state index contributed by atoms with van der Waals surface area (Å²) >= 11 is 0. The van der Waals surface area contributed by atoms with Crippen LogP contribution in [0.5, 0.6) is 0 Å². The molecule has 0 saturated heterocycles. The van der Waals surface area contributed by atoms with Crippen molar-refractivity contribution in [1.82, 2.24) is 24.9 Å². The second-order valence-electron chi connectivity index (χ2n) is 6.95. The maximum absolute atomic E-state index is 14.1. The standard InChI is InChI=1S/C22H16F2N6/c1-12(30-22-20-21(27-10-26-20)28-11-29-22)17-9-25-18-6-5-15(24)8-16(18)19(17)13-3-2-4-14(23)7-13/h2-12H,1H3,(H2,26,27,28,29,30)/t12-/m1/s1. The van der Waals surface area contributed by atoms with Gasteiger partial charge in [0.2, 0.25) is 0 Å². The number of anilines is 1. The fourth-order valence-electron chi connectivity index (χ4n) is 3.63. The number of rotatable bonds is 4. The van der Waals surface area contributed by atoms with E-state index in [2.05, 4.69) is 30.2 Å². The number of hydrogen-bond acceptors (Lipinski definition) is 5. The molecule has 0 aliphatic rings. The van der Waals surface area contributed by atoms with E-state index in [0.29, 0.717) is 39.0 Å². The number of nitrogens with zero attached hydrogens (tertiary/aromatic N) is 4. The van der Waals surface area contributed by atoms with E-state index in [1.165, 1.54) is 30.6 Å². The van der Waals surface area contributed by atoms with E-state index < -0.39 is 0 Å². The zero-order chi connectivity index (χ0) is 20.7. The lowest BCUT2D eigenvalue weighted by molar-refractivity contribution is 0.628. The molecule has 0 saturated carbocycles. The molecule has 0 bridgehead atoms. The molecule has 5 aromatic rings. The second kappa shape index (κ2) is 7.14. The van der Waals surface area contributed by atoms with Gasteiger partial charge in [0.25, 0.3) is 0 Å². The van der Waals surface area contributed by atoms with Crippen LogP contribution < -0.4 is 5.32 Å². The summed E-state index contributed by atoms with van der Waals surface area (Å²) in [6.45, 7) is 1.94. The van der Waals surface area contributed by atoms with Gasteiger partial charge < -0.3 is 10.3 Å². The van der Waals surface area contributed by atoms with Crippen molar-refractivity contribution in [3.8, 4) is 11.1 Å². The largest absolute Gasteiger partial charge is 0.362 e. The lowest BCUT2D eigenvalue weighted by Gasteiger charge is -2.20.